The summed E-state index contributed by atoms with van der Waals surface area (Å²) in [6.45, 7) is 2.78. The molecule has 0 saturated heterocycles. The summed E-state index contributed by atoms with van der Waals surface area (Å²) in [5.74, 6) is -0.442. The van der Waals surface area contributed by atoms with Gasteiger partial charge in [0.25, 0.3) is 0 Å². The topological polar surface area (TPSA) is 126 Å². The second kappa shape index (κ2) is 9.06. The summed E-state index contributed by atoms with van der Waals surface area (Å²) in [5.41, 5.74) is 16.7. The van der Waals surface area contributed by atoms with Gasteiger partial charge in [-0.3, -0.25) is 10.2 Å². The van der Waals surface area contributed by atoms with Gasteiger partial charge in [0.05, 0.1) is 6.10 Å². The summed E-state index contributed by atoms with van der Waals surface area (Å²) in [4.78, 5) is 11.4. The van der Waals surface area contributed by atoms with Gasteiger partial charge < -0.3 is 21.6 Å². The number of hydrogen-bond acceptors (Lipinski definition) is 6. The fourth-order valence-corrected chi connectivity index (χ4v) is 1.52. The smallest absolute Gasteiger partial charge is 0.235 e. The SMILES string of the molecule is CCNNC(=O)C[C@@H](N)C(CN)C(C=N)OC. The Hall–Kier alpha value is -1.02. The Kier molecular flexibility index (Phi) is 8.51. The molecule has 0 aromatic carbocycles. The van der Waals surface area contributed by atoms with E-state index >= 15 is 0 Å². The molecule has 0 aromatic heterocycles. The number of carbonyl (C=O) groups excluding carboxylic acids is 1. The summed E-state index contributed by atoms with van der Waals surface area (Å²) in [5, 5.41) is 7.21. The Bertz CT molecular complexity index is 237. The summed E-state index contributed by atoms with van der Waals surface area (Å²) < 4.78 is 5.09. The standard InChI is InChI=1S/C10H23N5O2/c1-3-14-15-10(16)4-8(13)7(5-11)9(6-12)17-2/h6-9,12,14H,3-5,11,13H2,1-2H3,(H,15,16)/t7?,8-,9?/m1/s1. The Labute approximate surface area is 102 Å². The molecule has 0 rings (SSSR count). The van der Waals surface area contributed by atoms with Crippen molar-refractivity contribution < 1.29 is 9.53 Å². The maximum Gasteiger partial charge on any atom is 0.235 e. The maximum atomic E-state index is 11.4. The monoisotopic (exact) mass is 245 g/mol. The van der Waals surface area contributed by atoms with E-state index in [1.807, 2.05) is 6.92 Å². The van der Waals surface area contributed by atoms with Crippen LogP contribution < -0.4 is 22.3 Å². The zero-order chi connectivity index (χ0) is 13.3. The molecule has 7 N–H and O–H groups in total. The summed E-state index contributed by atoms with van der Waals surface area (Å²) in [6, 6.07) is -0.440. The minimum atomic E-state index is -0.457. The van der Waals surface area contributed by atoms with Gasteiger partial charge in [-0.25, -0.2) is 5.43 Å². The predicted octanol–water partition coefficient (Wildman–Crippen LogP) is -1.42. The van der Waals surface area contributed by atoms with Gasteiger partial charge in [-0.05, 0) is 6.54 Å². The number of hydrazine groups is 1. The van der Waals surface area contributed by atoms with E-state index in [1.165, 1.54) is 7.11 Å². The van der Waals surface area contributed by atoms with E-state index in [1.54, 1.807) is 0 Å². The first-order valence-corrected chi connectivity index (χ1v) is 5.61. The van der Waals surface area contributed by atoms with Gasteiger partial charge in [-0.15, -0.1) is 0 Å². The zero-order valence-corrected chi connectivity index (χ0v) is 10.4. The highest BCUT2D eigenvalue weighted by atomic mass is 16.5. The number of carbonyl (C=O) groups is 1. The first-order valence-electron chi connectivity index (χ1n) is 5.61. The molecule has 7 heteroatoms. The van der Waals surface area contributed by atoms with E-state index in [0.717, 1.165) is 6.21 Å². The summed E-state index contributed by atoms with van der Waals surface area (Å²) in [7, 11) is 1.49. The quantitative estimate of drug-likeness (QED) is 0.252. The van der Waals surface area contributed by atoms with Crippen molar-refractivity contribution in [3.63, 3.8) is 0 Å². The second-order valence-electron chi connectivity index (χ2n) is 3.71. The summed E-state index contributed by atoms with van der Waals surface area (Å²) in [6.07, 6.45) is 0.837. The van der Waals surface area contributed by atoms with E-state index in [4.69, 9.17) is 21.6 Å². The number of hydrogen-bond donors (Lipinski definition) is 5. The Balaban J connectivity index is 4.28. The zero-order valence-electron chi connectivity index (χ0n) is 10.4. The molecular formula is C10H23N5O2. The minimum Gasteiger partial charge on any atom is -0.375 e. The van der Waals surface area contributed by atoms with Crippen molar-refractivity contribution in [2.24, 2.45) is 17.4 Å². The Morgan fingerprint density at radius 3 is 2.65 bits per heavy atom. The molecule has 1 amide bonds. The third kappa shape index (κ3) is 5.73. The molecule has 0 fully saturated rings. The third-order valence-electron chi connectivity index (χ3n) is 2.51. The molecule has 0 aliphatic carbocycles. The van der Waals surface area contributed by atoms with Gasteiger partial charge in [0, 0.05) is 38.2 Å². The van der Waals surface area contributed by atoms with E-state index < -0.39 is 12.1 Å². The highest BCUT2D eigenvalue weighted by Gasteiger charge is 2.26. The Morgan fingerprint density at radius 2 is 2.24 bits per heavy atom. The molecule has 3 atom stereocenters. The molecule has 0 aromatic rings. The first-order chi connectivity index (χ1) is 8.10. The van der Waals surface area contributed by atoms with Crippen LogP contribution in [0.15, 0.2) is 0 Å². The van der Waals surface area contributed by atoms with Crippen molar-refractivity contribution >= 4 is 12.1 Å². The largest absolute Gasteiger partial charge is 0.375 e. The lowest BCUT2D eigenvalue weighted by Crippen LogP contribution is -2.48. The van der Waals surface area contributed by atoms with Crippen LogP contribution in [0.1, 0.15) is 13.3 Å². The van der Waals surface area contributed by atoms with Gasteiger partial charge in [-0.1, -0.05) is 6.92 Å². The van der Waals surface area contributed by atoms with Crippen LogP contribution in [0.5, 0.6) is 0 Å². The third-order valence-corrected chi connectivity index (χ3v) is 2.51. The van der Waals surface area contributed by atoms with Gasteiger partial charge >= 0.3 is 0 Å². The molecule has 0 aliphatic rings. The summed E-state index contributed by atoms with van der Waals surface area (Å²) >= 11 is 0. The number of nitrogens with one attached hydrogen (secondary N) is 3. The second-order valence-corrected chi connectivity index (χ2v) is 3.71. The van der Waals surface area contributed by atoms with Crippen molar-refractivity contribution in [1.29, 1.82) is 5.41 Å². The van der Waals surface area contributed by atoms with Crippen LogP contribution in [-0.2, 0) is 9.53 Å². The molecule has 7 nitrogen and oxygen atoms in total. The van der Waals surface area contributed by atoms with Crippen LogP contribution in [0.4, 0.5) is 0 Å². The van der Waals surface area contributed by atoms with Crippen molar-refractivity contribution in [2.45, 2.75) is 25.5 Å². The number of methoxy groups -OCH3 is 1. The van der Waals surface area contributed by atoms with Crippen LogP contribution in [0.25, 0.3) is 0 Å². The van der Waals surface area contributed by atoms with E-state index in [9.17, 15) is 4.79 Å². The van der Waals surface area contributed by atoms with Crippen LogP contribution >= 0.6 is 0 Å². The van der Waals surface area contributed by atoms with Crippen molar-refractivity contribution in [3.05, 3.63) is 0 Å². The fourth-order valence-electron chi connectivity index (χ4n) is 1.52. The number of nitrogens with two attached hydrogens (primary N) is 2. The molecule has 100 valence electrons. The number of rotatable bonds is 9. The van der Waals surface area contributed by atoms with Gasteiger partial charge in [0.15, 0.2) is 0 Å². The highest BCUT2D eigenvalue weighted by molar-refractivity contribution is 5.76. The lowest BCUT2D eigenvalue weighted by Gasteiger charge is -2.26. The van der Waals surface area contributed by atoms with Gasteiger partial charge in [0.1, 0.15) is 0 Å². The fraction of sp³-hybridized carbons (Fsp3) is 0.800. The molecule has 0 bridgehead atoms. The molecule has 17 heavy (non-hydrogen) atoms. The van der Waals surface area contributed by atoms with Crippen molar-refractivity contribution in [1.82, 2.24) is 10.9 Å². The van der Waals surface area contributed by atoms with Crippen LogP contribution in [0.2, 0.25) is 0 Å². The van der Waals surface area contributed by atoms with E-state index in [0.29, 0.717) is 6.54 Å². The maximum absolute atomic E-state index is 11.4. The van der Waals surface area contributed by atoms with Crippen LogP contribution in [0, 0.1) is 11.3 Å². The average Bonchev–Trinajstić information content (AvgIpc) is 2.32. The van der Waals surface area contributed by atoms with Crippen LogP contribution in [0.3, 0.4) is 0 Å². The lowest BCUT2D eigenvalue weighted by molar-refractivity contribution is -0.122. The van der Waals surface area contributed by atoms with E-state index in [2.05, 4.69) is 10.9 Å². The Morgan fingerprint density at radius 1 is 1.59 bits per heavy atom. The molecule has 0 saturated carbocycles. The average molecular weight is 245 g/mol. The predicted molar refractivity (Wildman–Crippen MR) is 66.5 cm³/mol. The molecule has 0 radical (unpaired) electrons. The molecule has 2 unspecified atom stereocenters. The normalized spacial score (nSPS) is 16.0. The number of amides is 1. The molecule has 0 heterocycles. The first kappa shape index (κ1) is 16.0. The van der Waals surface area contributed by atoms with Gasteiger partial charge in [-0.2, -0.15) is 0 Å². The van der Waals surface area contributed by atoms with Crippen LogP contribution in [-0.4, -0.2) is 44.5 Å². The molecular weight excluding hydrogens is 222 g/mol. The molecule has 0 aliphatic heterocycles. The highest BCUT2D eigenvalue weighted by Crippen LogP contribution is 2.10. The number of ether oxygens (including phenoxy) is 1. The lowest BCUT2D eigenvalue weighted by atomic mass is 9.92. The van der Waals surface area contributed by atoms with Crippen molar-refractivity contribution in [3.8, 4) is 0 Å². The van der Waals surface area contributed by atoms with Crippen molar-refractivity contribution in [2.75, 3.05) is 20.2 Å². The molecule has 0 spiro atoms. The van der Waals surface area contributed by atoms with Gasteiger partial charge in [0.2, 0.25) is 5.91 Å². The minimum absolute atomic E-state index is 0.141. The van der Waals surface area contributed by atoms with E-state index in [-0.39, 0.29) is 24.8 Å².